The Morgan fingerprint density at radius 2 is 2.18 bits per heavy atom. The molecular weight excluding hydrogens is 232 g/mol. The number of nitrogens with one attached hydrogen (secondary N) is 1. The molecule has 0 aliphatic carbocycles. The number of thiophene rings is 1. The molecule has 0 radical (unpaired) electrons. The van der Waals surface area contributed by atoms with Crippen LogP contribution in [-0.2, 0) is 11.2 Å². The first-order chi connectivity index (χ1) is 7.80. The molecule has 1 amide bonds. The van der Waals surface area contributed by atoms with Crippen molar-refractivity contribution in [1.82, 2.24) is 5.32 Å². The minimum atomic E-state index is -0.465. The number of carbonyl (C=O) groups is 1. The molecule has 0 spiro atoms. The van der Waals surface area contributed by atoms with Gasteiger partial charge in [0.15, 0.2) is 0 Å². The van der Waals surface area contributed by atoms with Crippen LogP contribution in [0.3, 0.4) is 0 Å². The Bertz CT molecular complexity index is 354. The number of hydrogen-bond acceptors (Lipinski definition) is 3. The summed E-state index contributed by atoms with van der Waals surface area (Å²) in [7, 11) is 0. The van der Waals surface area contributed by atoms with Crippen LogP contribution in [0.25, 0.3) is 0 Å². The minimum absolute atomic E-state index is 0.0692. The summed E-state index contributed by atoms with van der Waals surface area (Å²) in [5.41, 5.74) is 6.96. The highest BCUT2D eigenvalue weighted by atomic mass is 32.1. The number of carbonyl (C=O) groups excluding carboxylic acids is 1. The van der Waals surface area contributed by atoms with E-state index in [1.54, 1.807) is 11.3 Å². The fourth-order valence-corrected chi connectivity index (χ4v) is 2.22. The zero-order valence-corrected chi connectivity index (χ0v) is 11.8. The quantitative estimate of drug-likeness (QED) is 0.865. The third-order valence-electron chi connectivity index (χ3n) is 2.73. The van der Waals surface area contributed by atoms with Gasteiger partial charge in [0, 0.05) is 6.04 Å². The van der Waals surface area contributed by atoms with E-state index >= 15 is 0 Å². The minimum Gasteiger partial charge on any atom is -0.352 e. The Morgan fingerprint density at radius 3 is 2.65 bits per heavy atom. The number of rotatable bonds is 4. The van der Waals surface area contributed by atoms with E-state index in [0.717, 1.165) is 6.42 Å². The predicted octanol–water partition coefficient (Wildman–Crippen LogP) is 2.17. The van der Waals surface area contributed by atoms with Gasteiger partial charge in [-0.2, -0.15) is 11.3 Å². The topological polar surface area (TPSA) is 55.1 Å². The van der Waals surface area contributed by atoms with Gasteiger partial charge >= 0.3 is 0 Å². The van der Waals surface area contributed by atoms with Gasteiger partial charge in [0.05, 0.1) is 6.04 Å². The molecule has 1 aromatic rings. The Kier molecular flexibility index (Phi) is 4.71. The van der Waals surface area contributed by atoms with Gasteiger partial charge in [0.2, 0.25) is 5.91 Å². The number of nitrogens with two attached hydrogens (primary N) is 1. The van der Waals surface area contributed by atoms with Crippen LogP contribution in [0, 0.1) is 5.41 Å². The summed E-state index contributed by atoms with van der Waals surface area (Å²) in [6, 6.07) is 1.73. The third-order valence-corrected chi connectivity index (χ3v) is 3.46. The maximum Gasteiger partial charge on any atom is 0.237 e. The van der Waals surface area contributed by atoms with Crippen LogP contribution in [-0.4, -0.2) is 18.0 Å². The summed E-state index contributed by atoms with van der Waals surface area (Å²) in [4.78, 5) is 11.9. The standard InChI is InChI=1S/C13H22N2OS/c1-9(7-10-5-6-17-8-10)15-12(16)11(14)13(2,3)4/h5-6,8-9,11H,7,14H2,1-4H3,(H,15,16)/t9?,11-/m0/s1. The Hall–Kier alpha value is -0.870. The van der Waals surface area contributed by atoms with Crippen LogP contribution >= 0.6 is 11.3 Å². The molecular formula is C13H22N2OS. The summed E-state index contributed by atoms with van der Waals surface area (Å²) >= 11 is 1.67. The highest BCUT2D eigenvalue weighted by molar-refractivity contribution is 7.07. The number of hydrogen-bond donors (Lipinski definition) is 2. The maximum atomic E-state index is 11.9. The van der Waals surface area contributed by atoms with Gasteiger partial charge in [0.1, 0.15) is 0 Å². The van der Waals surface area contributed by atoms with Crippen molar-refractivity contribution in [3.8, 4) is 0 Å². The Morgan fingerprint density at radius 1 is 1.53 bits per heavy atom. The van der Waals surface area contributed by atoms with E-state index in [4.69, 9.17) is 5.73 Å². The van der Waals surface area contributed by atoms with Crippen LogP contribution in [0.2, 0.25) is 0 Å². The molecule has 0 saturated carbocycles. The van der Waals surface area contributed by atoms with E-state index < -0.39 is 6.04 Å². The first-order valence-electron chi connectivity index (χ1n) is 5.87. The molecule has 1 rings (SSSR count). The van der Waals surface area contributed by atoms with E-state index in [2.05, 4.69) is 16.8 Å². The van der Waals surface area contributed by atoms with Crippen LogP contribution in [0.4, 0.5) is 0 Å². The highest BCUT2D eigenvalue weighted by Crippen LogP contribution is 2.17. The fraction of sp³-hybridized carbons (Fsp3) is 0.615. The van der Waals surface area contributed by atoms with E-state index in [9.17, 15) is 4.79 Å². The largest absolute Gasteiger partial charge is 0.352 e. The first-order valence-corrected chi connectivity index (χ1v) is 6.82. The molecule has 96 valence electrons. The molecule has 0 aliphatic heterocycles. The molecule has 0 aromatic carbocycles. The smallest absolute Gasteiger partial charge is 0.237 e. The van der Waals surface area contributed by atoms with Crippen molar-refractivity contribution in [3.63, 3.8) is 0 Å². The lowest BCUT2D eigenvalue weighted by atomic mass is 9.87. The van der Waals surface area contributed by atoms with Crippen molar-refractivity contribution in [3.05, 3.63) is 22.4 Å². The molecule has 3 N–H and O–H groups in total. The SMILES string of the molecule is CC(Cc1ccsc1)NC(=O)[C@H](N)C(C)(C)C. The third kappa shape index (κ3) is 4.48. The fourth-order valence-electron chi connectivity index (χ4n) is 1.54. The summed E-state index contributed by atoms with van der Waals surface area (Å²) in [5, 5.41) is 7.12. The lowest BCUT2D eigenvalue weighted by molar-refractivity contribution is -0.125. The van der Waals surface area contributed by atoms with Crippen LogP contribution < -0.4 is 11.1 Å². The molecule has 0 aliphatic rings. The van der Waals surface area contributed by atoms with Crippen molar-refractivity contribution in [2.45, 2.75) is 46.2 Å². The second-order valence-electron chi connectivity index (χ2n) is 5.59. The Labute approximate surface area is 107 Å². The van der Waals surface area contributed by atoms with Gasteiger partial charge in [-0.05, 0) is 41.1 Å². The predicted molar refractivity (Wildman–Crippen MR) is 73.1 cm³/mol. The molecule has 1 aromatic heterocycles. The molecule has 2 atom stereocenters. The van der Waals surface area contributed by atoms with Gasteiger partial charge in [-0.3, -0.25) is 4.79 Å². The normalized spacial score (nSPS) is 15.4. The average molecular weight is 254 g/mol. The molecule has 0 saturated heterocycles. The van der Waals surface area contributed by atoms with Crippen LogP contribution in [0.5, 0.6) is 0 Å². The second-order valence-corrected chi connectivity index (χ2v) is 6.37. The summed E-state index contributed by atoms with van der Waals surface area (Å²) in [5.74, 6) is -0.0692. The van der Waals surface area contributed by atoms with E-state index in [0.29, 0.717) is 0 Å². The van der Waals surface area contributed by atoms with E-state index in [1.807, 2.05) is 33.1 Å². The summed E-state index contributed by atoms with van der Waals surface area (Å²) in [6.45, 7) is 7.92. The monoisotopic (exact) mass is 254 g/mol. The van der Waals surface area contributed by atoms with Crippen molar-refractivity contribution in [2.75, 3.05) is 0 Å². The lowest BCUT2D eigenvalue weighted by Gasteiger charge is -2.27. The second kappa shape index (κ2) is 5.65. The van der Waals surface area contributed by atoms with Gasteiger partial charge in [0.25, 0.3) is 0 Å². The molecule has 3 nitrogen and oxygen atoms in total. The molecule has 0 bridgehead atoms. The number of amides is 1. The summed E-state index contributed by atoms with van der Waals surface area (Å²) in [6.07, 6.45) is 0.853. The van der Waals surface area contributed by atoms with Crippen molar-refractivity contribution >= 4 is 17.2 Å². The van der Waals surface area contributed by atoms with Crippen LogP contribution in [0.15, 0.2) is 16.8 Å². The molecule has 1 unspecified atom stereocenters. The van der Waals surface area contributed by atoms with Gasteiger partial charge in [-0.1, -0.05) is 20.8 Å². The van der Waals surface area contributed by atoms with Crippen LogP contribution in [0.1, 0.15) is 33.3 Å². The van der Waals surface area contributed by atoms with Crippen molar-refractivity contribution < 1.29 is 4.79 Å². The highest BCUT2D eigenvalue weighted by Gasteiger charge is 2.28. The van der Waals surface area contributed by atoms with Crippen molar-refractivity contribution in [2.24, 2.45) is 11.1 Å². The van der Waals surface area contributed by atoms with E-state index in [1.165, 1.54) is 5.56 Å². The zero-order chi connectivity index (χ0) is 13.1. The molecule has 1 heterocycles. The average Bonchev–Trinajstić information content (AvgIpc) is 2.67. The zero-order valence-electron chi connectivity index (χ0n) is 11.0. The van der Waals surface area contributed by atoms with Gasteiger partial charge < -0.3 is 11.1 Å². The Balaban J connectivity index is 2.46. The first kappa shape index (κ1) is 14.2. The molecule has 0 fully saturated rings. The maximum absolute atomic E-state index is 11.9. The van der Waals surface area contributed by atoms with Crippen molar-refractivity contribution in [1.29, 1.82) is 0 Å². The summed E-state index contributed by atoms with van der Waals surface area (Å²) < 4.78 is 0. The molecule has 17 heavy (non-hydrogen) atoms. The van der Waals surface area contributed by atoms with Gasteiger partial charge in [-0.15, -0.1) is 0 Å². The van der Waals surface area contributed by atoms with E-state index in [-0.39, 0.29) is 17.4 Å². The lowest BCUT2D eigenvalue weighted by Crippen LogP contribution is -2.51. The molecule has 4 heteroatoms. The van der Waals surface area contributed by atoms with Gasteiger partial charge in [-0.25, -0.2) is 0 Å².